The van der Waals surface area contributed by atoms with Gasteiger partial charge in [-0.3, -0.25) is 0 Å². The summed E-state index contributed by atoms with van der Waals surface area (Å²) in [5.74, 6) is 0. The van der Waals surface area contributed by atoms with Crippen LogP contribution < -0.4 is 10.0 Å². The van der Waals surface area contributed by atoms with Gasteiger partial charge in [-0.2, -0.15) is 0 Å². The summed E-state index contributed by atoms with van der Waals surface area (Å²) in [5, 5.41) is 3.24. The minimum atomic E-state index is -3.52. The molecule has 6 nitrogen and oxygen atoms in total. The van der Waals surface area contributed by atoms with Crippen molar-refractivity contribution in [2.75, 3.05) is 32.7 Å². The van der Waals surface area contributed by atoms with E-state index < -0.39 is 10.0 Å². The average Bonchev–Trinajstić information content (AvgIpc) is 2.50. The highest BCUT2D eigenvalue weighted by Crippen LogP contribution is 2.06. The highest BCUT2D eigenvalue weighted by atomic mass is 32.2. The van der Waals surface area contributed by atoms with Gasteiger partial charge in [-0.15, -0.1) is 0 Å². The van der Waals surface area contributed by atoms with E-state index in [1.807, 2.05) is 6.92 Å². The number of hydrogen-bond acceptors (Lipinski definition) is 5. The van der Waals surface area contributed by atoms with Crippen molar-refractivity contribution in [3.63, 3.8) is 0 Å². The van der Waals surface area contributed by atoms with E-state index in [9.17, 15) is 8.42 Å². The molecule has 0 radical (unpaired) electrons. The SMILES string of the molecule is CCNCc1ccc(S(=O)(=O)NCCN(CC)CC)nc1. The summed E-state index contributed by atoms with van der Waals surface area (Å²) in [6.45, 7) is 10.6. The van der Waals surface area contributed by atoms with Crippen LogP contribution in [-0.4, -0.2) is 51.0 Å². The Balaban J connectivity index is 2.57. The van der Waals surface area contributed by atoms with Gasteiger partial charge < -0.3 is 10.2 Å². The van der Waals surface area contributed by atoms with Crippen LogP contribution in [0.3, 0.4) is 0 Å². The number of aromatic nitrogens is 1. The molecule has 0 spiro atoms. The first-order chi connectivity index (χ1) is 10.0. The fraction of sp³-hybridized carbons (Fsp3) is 0.643. The van der Waals surface area contributed by atoms with Crippen LogP contribution in [0.25, 0.3) is 0 Å². The topological polar surface area (TPSA) is 74.3 Å². The maximum atomic E-state index is 12.1. The van der Waals surface area contributed by atoms with Crippen LogP contribution in [-0.2, 0) is 16.6 Å². The third kappa shape index (κ3) is 6.09. The predicted octanol–water partition coefficient (Wildman–Crippen LogP) is 0.811. The van der Waals surface area contributed by atoms with Gasteiger partial charge in [0.2, 0.25) is 0 Å². The van der Waals surface area contributed by atoms with Gasteiger partial charge in [-0.1, -0.05) is 26.8 Å². The normalized spacial score (nSPS) is 12.0. The molecule has 1 aromatic heterocycles. The lowest BCUT2D eigenvalue weighted by Gasteiger charge is -2.17. The molecule has 120 valence electrons. The lowest BCUT2D eigenvalue weighted by atomic mass is 10.3. The Kier molecular flexibility index (Phi) is 7.81. The standard InChI is InChI=1S/C14H26N4O2S/c1-4-15-11-13-7-8-14(16-12-13)21(19,20)17-9-10-18(5-2)6-3/h7-8,12,15,17H,4-6,9-11H2,1-3H3. The zero-order valence-electron chi connectivity index (χ0n) is 13.1. The Hall–Kier alpha value is -1.02. The first-order valence-corrected chi connectivity index (χ1v) is 8.89. The van der Waals surface area contributed by atoms with Crippen molar-refractivity contribution in [3.05, 3.63) is 23.9 Å². The van der Waals surface area contributed by atoms with E-state index in [-0.39, 0.29) is 5.03 Å². The van der Waals surface area contributed by atoms with Crippen molar-refractivity contribution in [2.45, 2.75) is 32.3 Å². The number of likely N-dealkylation sites (N-methyl/N-ethyl adjacent to an activating group) is 1. The monoisotopic (exact) mass is 314 g/mol. The van der Waals surface area contributed by atoms with Crippen molar-refractivity contribution in [2.24, 2.45) is 0 Å². The molecule has 0 unspecified atom stereocenters. The molecule has 0 aliphatic carbocycles. The zero-order chi connectivity index (χ0) is 15.7. The summed E-state index contributed by atoms with van der Waals surface area (Å²) >= 11 is 0. The van der Waals surface area contributed by atoms with Crippen molar-refractivity contribution >= 4 is 10.0 Å². The van der Waals surface area contributed by atoms with E-state index in [1.165, 1.54) is 0 Å². The van der Waals surface area contributed by atoms with Crippen molar-refractivity contribution in [1.29, 1.82) is 0 Å². The molecule has 0 fully saturated rings. The Labute approximate surface area is 128 Å². The second-order valence-corrected chi connectivity index (χ2v) is 6.42. The predicted molar refractivity (Wildman–Crippen MR) is 84.6 cm³/mol. The van der Waals surface area contributed by atoms with Gasteiger partial charge in [0.15, 0.2) is 5.03 Å². The molecule has 0 bridgehead atoms. The Morgan fingerprint density at radius 3 is 2.43 bits per heavy atom. The van der Waals surface area contributed by atoms with Crippen molar-refractivity contribution in [3.8, 4) is 0 Å². The summed E-state index contributed by atoms with van der Waals surface area (Å²) in [4.78, 5) is 6.20. The van der Waals surface area contributed by atoms with E-state index in [1.54, 1.807) is 18.3 Å². The van der Waals surface area contributed by atoms with E-state index in [4.69, 9.17) is 0 Å². The zero-order valence-corrected chi connectivity index (χ0v) is 13.9. The first-order valence-electron chi connectivity index (χ1n) is 7.41. The number of pyridine rings is 1. The van der Waals surface area contributed by atoms with E-state index in [0.717, 1.165) is 25.2 Å². The number of sulfonamides is 1. The molecular formula is C14H26N4O2S. The van der Waals surface area contributed by atoms with Crippen molar-refractivity contribution in [1.82, 2.24) is 19.9 Å². The fourth-order valence-corrected chi connectivity index (χ4v) is 2.84. The quantitative estimate of drug-likeness (QED) is 0.668. The van der Waals surface area contributed by atoms with Crippen LogP contribution in [0.2, 0.25) is 0 Å². The maximum Gasteiger partial charge on any atom is 0.258 e. The molecule has 0 amide bonds. The van der Waals surface area contributed by atoms with Crippen LogP contribution in [0.1, 0.15) is 26.3 Å². The molecule has 1 heterocycles. The lowest BCUT2D eigenvalue weighted by Crippen LogP contribution is -2.35. The molecule has 0 saturated carbocycles. The van der Waals surface area contributed by atoms with Crippen LogP contribution in [0, 0.1) is 0 Å². The molecule has 1 rings (SSSR count). The summed E-state index contributed by atoms with van der Waals surface area (Å²) in [7, 11) is -3.52. The molecule has 1 aromatic rings. The van der Waals surface area contributed by atoms with Gasteiger partial charge in [0.05, 0.1) is 0 Å². The van der Waals surface area contributed by atoms with Crippen LogP contribution in [0.5, 0.6) is 0 Å². The van der Waals surface area contributed by atoms with Crippen LogP contribution in [0.4, 0.5) is 0 Å². The minimum Gasteiger partial charge on any atom is -0.313 e. The number of nitrogens with zero attached hydrogens (tertiary/aromatic N) is 2. The molecular weight excluding hydrogens is 288 g/mol. The summed E-state index contributed by atoms with van der Waals surface area (Å²) < 4.78 is 26.8. The summed E-state index contributed by atoms with van der Waals surface area (Å²) in [6, 6.07) is 3.33. The number of nitrogens with one attached hydrogen (secondary N) is 2. The molecule has 7 heteroatoms. The second-order valence-electron chi connectivity index (χ2n) is 4.71. The van der Waals surface area contributed by atoms with Gasteiger partial charge in [-0.25, -0.2) is 18.1 Å². The Bertz CT molecular complexity index is 498. The Morgan fingerprint density at radius 1 is 1.19 bits per heavy atom. The highest BCUT2D eigenvalue weighted by Gasteiger charge is 2.15. The van der Waals surface area contributed by atoms with Gasteiger partial charge in [0.25, 0.3) is 10.0 Å². The fourth-order valence-electron chi connectivity index (χ4n) is 1.90. The third-order valence-electron chi connectivity index (χ3n) is 3.27. The smallest absolute Gasteiger partial charge is 0.258 e. The van der Waals surface area contributed by atoms with Crippen LogP contribution in [0.15, 0.2) is 23.4 Å². The molecule has 0 aliphatic rings. The first kappa shape index (κ1) is 18.0. The molecule has 0 aromatic carbocycles. The van der Waals surface area contributed by atoms with E-state index in [0.29, 0.717) is 19.6 Å². The Morgan fingerprint density at radius 2 is 1.90 bits per heavy atom. The molecule has 0 aliphatic heterocycles. The van der Waals surface area contributed by atoms with Gasteiger partial charge in [-0.05, 0) is 31.3 Å². The lowest BCUT2D eigenvalue weighted by molar-refractivity contribution is 0.309. The minimum absolute atomic E-state index is 0.0716. The summed E-state index contributed by atoms with van der Waals surface area (Å²) in [5.41, 5.74) is 0.971. The molecule has 2 N–H and O–H groups in total. The van der Waals surface area contributed by atoms with Gasteiger partial charge in [0.1, 0.15) is 0 Å². The summed E-state index contributed by atoms with van der Waals surface area (Å²) in [6.07, 6.45) is 1.60. The number of rotatable bonds is 10. The van der Waals surface area contributed by atoms with Gasteiger partial charge in [0, 0.05) is 25.8 Å². The third-order valence-corrected chi connectivity index (χ3v) is 4.64. The average molecular weight is 314 g/mol. The highest BCUT2D eigenvalue weighted by molar-refractivity contribution is 7.89. The van der Waals surface area contributed by atoms with E-state index >= 15 is 0 Å². The van der Waals surface area contributed by atoms with Crippen LogP contribution >= 0.6 is 0 Å². The molecule has 0 atom stereocenters. The largest absolute Gasteiger partial charge is 0.313 e. The van der Waals surface area contributed by atoms with Crippen molar-refractivity contribution < 1.29 is 8.42 Å². The second kappa shape index (κ2) is 9.09. The number of hydrogen-bond donors (Lipinski definition) is 2. The van der Waals surface area contributed by atoms with E-state index in [2.05, 4.69) is 33.8 Å². The molecule has 0 saturated heterocycles. The molecule has 21 heavy (non-hydrogen) atoms. The maximum absolute atomic E-state index is 12.1. The van der Waals surface area contributed by atoms with Gasteiger partial charge >= 0.3 is 0 Å².